The molecule has 0 radical (unpaired) electrons. The number of hydrogen-bond acceptors (Lipinski definition) is 5. The van der Waals surface area contributed by atoms with Gasteiger partial charge in [-0.3, -0.25) is 0 Å². The van der Waals surface area contributed by atoms with Crippen LogP contribution in [0, 0.1) is 18.3 Å². The Hall–Kier alpha value is -3.33. The number of benzene rings is 2. The van der Waals surface area contributed by atoms with Gasteiger partial charge in [0.15, 0.2) is 0 Å². The highest BCUT2D eigenvalue weighted by molar-refractivity contribution is 5.90. The second kappa shape index (κ2) is 6.93. The summed E-state index contributed by atoms with van der Waals surface area (Å²) >= 11 is 0. The van der Waals surface area contributed by atoms with Crippen molar-refractivity contribution >= 4 is 17.0 Å². The maximum Gasteiger partial charge on any atom is 0.435 e. The molecule has 0 N–H and O–H groups in total. The molecule has 2 aromatic carbocycles. The summed E-state index contributed by atoms with van der Waals surface area (Å²) in [5.74, 6) is 0.728. The minimum atomic E-state index is -0.590. The Morgan fingerprint density at radius 3 is 2.76 bits per heavy atom. The Labute approximate surface area is 169 Å². The average molecular weight is 389 g/mol. The van der Waals surface area contributed by atoms with Gasteiger partial charge in [0.25, 0.3) is 0 Å². The van der Waals surface area contributed by atoms with E-state index < -0.39 is 11.7 Å². The molecule has 6 heteroatoms. The molecule has 0 spiro atoms. The zero-order valence-corrected chi connectivity index (χ0v) is 17.0. The van der Waals surface area contributed by atoms with Crippen LogP contribution in [0.15, 0.2) is 36.4 Å². The van der Waals surface area contributed by atoms with Gasteiger partial charge in [0.05, 0.1) is 22.8 Å². The molecule has 0 aliphatic heterocycles. The van der Waals surface area contributed by atoms with Crippen LogP contribution in [0.2, 0.25) is 0 Å². The fraction of sp³-hybridized carbons (Fsp3) is 0.348. The second-order valence-corrected chi connectivity index (χ2v) is 8.33. The van der Waals surface area contributed by atoms with Crippen LogP contribution in [0.4, 0.5) is 4.79 Å². The lowest BCUT2D eigenvalue weighted by Crippen LogP contribution is -2.27. The number of rotatable bonds is 2. The molecule has 1 aliphatic rings. The Morgan fingerprint density at radius 1 is 1.24 bits per heavy atom. The zero-order chi connectivity index (χ0) is 20.8. The first kappa shape index (κ1) is 19.0. The molecule has 0 amide bonds. The molecule has 1 atom stereocenters. The smallest absolute Gasteiger partial charge is 0.435 e. The molecule has 148 valence electrons. The van der Waals surface area contributed by atoms with Crippen molar-refractivity contribution in [2.24, 2.45) is 0 Å². The van der Waals surface area contributed by atoms with E-state index in [0.29, 0.717) is 11.1 Å². The molecule has 29 heavy (non-hydrogen) atoms. The van der Waals surface area contributed by atoms with Crippen LogP contribution >= 0.6 is 0 Å². The highest BCUT2D eigenvalue weighted by Gasteiger charge is 2.25. The number of aryl methyl sites for hydroxylation is 2. The summed E-state index contributed by atoms with van der Waals surface area (Å²) in [6, 6.07) is 13.5. The first-order chi connectivity index (χ1) is 13.7. The summed E-state index contributed by atoms with van der Waals surface area (Å²) in [6.45, 7) is 7.35. The standard InChI is InChI=1S/C23H23N3O3/c1-14-19-12-17(7-9-20(19)26(25-14)22(27)29-23(2,3)4)28-21-10-6-16-11-15(13-24)5-8-18(16)21/h5,7-9,11-12,21H,6,10H2,1-4H3. The van der Waals surface area contributed by atoms with E-state index in [1.54, 1.807) is 0 Å². The van der Waals surface area contributed by atoms with Crippen molar-refractivity contribution in [3.8, 4) is 11.8 Å². The quantitative estimate of drug-likeness (QED) is 0.612. The van der Waals surface area contributed by atoms with Crippen LogP contribution in [-0.4, -0.2) is 21.5 Å². The minimum Gasteiger partial charge on any atom is -0.486 e. The third-order valence-electron chi connectivity index (χ3n) is 4.98. The molecule has 0 saturated carbocycles. The monoisotopic (exact) mass is 389 g/mol. The van der Waals surface area contributed by atoms with Crippen LogP contribution < -0.4 is 4.74 Å². The highest BCUT2D eigenvalue weighted by Crippen LogP contribution is 2.36. The number of aromatic nitrogens is 2. The first-order valence-electron chi connectivity index (χ1n) is 9.67. The number of fused-ring (bicyclic) bond motifs is 2. The van der Waals surface area contributed by atoms with Gasteiger partial charge in [0.2, 0.25) is 0 Å². The van der Waals surface area contributed by atoms with Crippen molar-refractivity contribution in [3.05, 3.63) is 58.8 Å². The summed E-state index contributed by atoms with van der Waals surface area (Å²) in [4.78, 5) is 12.5. The van der Waals surface area contributed by atoms with Gasteiger partial charge in [0.1, 0.15) is 17.5 Å². The largest absolute Gasteiger partial charge is 0.486 e. The van der Waals surface area contributed by atoms with Gasteiger partial charge in [-0.25, -0.2) is 4.79 Å². The van der Waals surface area contributed by atoms with E-state index in [1.165, 1.54) is 10.2 Å². The van der Waals surface area contributed by atoms with Crippen LogP contribution in [0.5, 0.6) is 5.75 Å². The van der Waals surface area contributed by atoms with Gasteiger partial charge < -0.3 is 9.47 Å². The second-order valence-electron chi connectivity index (χ2n) is 8.33. The number of carbonyl (C=O) groups excluding carboxylic acids is 1. The minimum absolute atomic E-state index is 0.0450. The van der Waals surface area contributed by atoms with E-state index >= 15 is 0 Å². The van der Waals surface area contributed by atoms with E-state index in [1.807, 2.05) is 64.1 Å². The zero-order valence-electron chi connectivity index (χ0n) is 17.0. The third kappa shape index (κ3) is 3.68. The molecule has 0 fully saturated rings. The molecule has 1 heterocycles. The van der Waals surface area contributed by atoms with Crippen LogP contribution in [0.25, 0.3) is 10.9 Å². The van der Waals surface area contributed by atoms with Gasteiger partial charge in [-0.05, 0) is 82.0 Å². The first-order valence-corrected chi connectivity index (χ1v) is 9.67. The van der Waals surface area contributed by atoms with Crippen molar-refractivity contribution in [3.63, 3.8) is 0 Å². The number of ether oxygens (including phenoxy) is 2. The van der Waals surface area contributed by atoms with Crippen molar-refractivity contribution in [1.82, 2.24) is 9.78 Å². The van der Waals surface area contributed by atoms with E-state index in [2.05, 4.69) is 11.2 Å². The van der Waals surface area contributed by atoms with Crippen LogP contribution in [0.1, 0.15) is 55.7 Å². The van der Waals surface area contributed by atoms with E-state index in [4.69, 9.17) is 14.7 Å². The maximum absolute atomic E-state index is 12.5. The van der Waals surface area contributed by atoms with Crippen molar-refractivity contribution in [2.45, 2.75) is 52.2 Å². The number of nitrogens with zero attached hydrogens (tertiary/aromatic N) is 3. The fourth-order valence-corrected chi connectivity index (χ4v) is 3.70. The van der Waals surface area contributed by atoms with Crippen molar-refractivity contribution in [1.29, 1.82) is 5.26 Å². The Morgan fingerprint density at radius 2 is 2.03 bits per heavy atom. The van der Waals surface area contributed by atoms with Gasteiger partial charge in [0, 0.05) is 5.39 Å². The van der Waals surface area contributed by atoms with Gasteiger partial charge in [-0.2, -0.15) is 15.0 Å². The lowest BCUT2D eigenvalue weighted by molar-refractivity contribution is 0.0522. The third-order valence-corrected chi connectivity index (χ3v) is 4.98. The van der Waals surface area contributed by atoms with E-state index in [-0.39, 0.29) is 6.10 Å². The molecular weight excluding hydrogens is 366 g/mol. The number of carbonyl (C=O) groups is 1. The molecule has 3 aromatic rings. The van der Waals surface area contributed by atoms with Crippen LogP contribution in [0.3, 0.4) is 0 Å². The predicted molar refractivity (Wildman–Crippen MR) is 109 cm³/mol. The van der Waals surface area contributed by atoms with E-state index in [0.717, 1.165) is 35.2 Å². The summed E-state index contributed by atoms with van der Waals surface area (Å²) in [5, 5.41) is 14.3. The molecule has 1 aromatic heterocycles. The molecule has 6 nitrogen and oxygen atoms in total. The summed E-state index contributed by atoms with van der Waals surface area (Å²) in [7, 11) is 0. The van der Waals surface area contributed by atoms with Gasteiger partial charge >= 0.3 is 6.09 Å². The van der Waals surface area contributed by atoms with E-state index in [9.17, 15) is 4.79 Å². The highest BCUT2D eigenvalue weighted by atomic mass is 16.6. The van der Waals surface area contributed by atoms with Crippen LogP contribution in [-0.2, 0) is 11.2 Å². The maximum atomic E-state index is 12.5. The number of hydrogen-bond donors (Lipinski definition) is 0. The molecule has 1 unspecified atom stereocenters. The number of nitriles is 1. The summed E-state index contributed by atoms with van der Waals surface area (Å²) in [5.41, 5.74) is 3.81. The average Bonchev–Trinajstić information content (AvgIpc) is 3.21. The van der Waals surface area contributed by atoms with Crippen molar-refractivity contribution in [2.75, 3.05) is 0 Å². The molecule has 0 saturated heterocycles. The predicted octanol–water partition coefficient (Wildman–Crippen LogP) is 5.07. The molecule has 0 bridgehead atoms. The lowest BCUT2D eigenvalue weighted by Gasteiger charge is -2.19. The molecule has 1 aliphatic carbocycles. The topological polar surface area (TPSA) is 77.1 Å². The normalized spacial score (nSPS) is 15.8. The Balaban J connectivity index is 1.61. The summed E-state index contributed by atoms with van der Waals surface area (Å²) < 4.78 is 13.0. The lowest BCUT2D eigenvalue weighted by atomic mass is 10.1. The van der Waals surface area contributed by atoms with Gasteiger partial charge in [-0.15, -0.1) is 0 Å². The molecular formula is C23H23N3O3. The van der Waals surface area contributed by atoms with Gasteiger partial charge in [-0.1, -0.05) is 6.07 Å². The SMILES string of the molecule is Cc1nn(C(=O)OC(C)(C)C)c2ccc(OC3CCc4cc(C#N)ccc43)cc12. The Kier molecular flexibility index (Phi) is 4.54. The molecule has 4 rings (SSSR count). The Bertz CT molecular complexity index is 1150. The summed E-state index contributed by atoms with van der Waals surface area (Å²) in [6.07, 6.45) is 1.23. The van der Waals surface area contributed by atoms with Crippen molar-refractivity contribution < 1.29 is 14.3 Å². The fourth-order valence-electron chi connectivity index (χ4n) is 3.70.